The fourth-order valence-corrected chi connectivity index (χ4v) is 2.54. The van der Waals surface area contributed by atoms with Gasteiger partial charge in [-0.05, 0) is 34.2 Å². The SMILES string of the molecule is CCCC(C)NCCN1CCN(C)C(C)(C)C1. The summed E-state index contributed by atoms with van der Waals surface area (Å²) in [4.78, 5) is 5.06. The first kappa shape index (κ1) is 14.9. The summed E-state index contributed by atoms with van der Waals surface area (Å²) in [5.74, 6) is 0. The van der Waals surface area contributed by atoms with Crippen molar-refractivity contribution in [2.24, 2.45) is 0 Å². The van der Waals surface area contributed by atoms with Crippen molar-refractivity contribution in [3.8, 4) is 0 Å². The molecule has 1 fully saturated rings. The third-order valence-electron chi connectivity index (χ3n) is 4.04. The summed E-state index contributed by atoms with van der Waals surface area (Å²) in [6.07, 6.45) is 2.56. The number of nitrogens with one attached hydrogen (secondary N) is 1. The van der Waals surface area contributed by atoms with Crippen molar-refractivity contribution in [3.05, 3.63) is 0 Å². The van der Waals surface area contributed by atoms with E-state index in [1.54, 1.807) is 0 Å². The first-order valence-corrected chi connectivity index (χ1v) is 7.12. The van der Waals surface area contributed by atoms with E-state index in [2.05, 4.69) is 49.9 Å². The van der Waals surface area contributed by atoms with Gasteiger partial charge < -0.3 is 5.32 Å². The van der Waals surface area contributed by atoms with E-state index < -0.39 is 0 Å². The Hall–Kier alpha value is -0.120. The monoisotopic (exact) mass is 241 g/mol. The molecule has 1 N–H and O–H groups in total. The van der Waals surface area contributed by atoms with Gasteiger partial charge >= 0.3 is 0 Å². The van der Waals surface area contributed by atoms with Crippen LogP contribution in [0.25, 0.3) is 0 Å². The number of hydrogen-bond acceptors (Lipinski definition) is 3. The maximum Gasteiger partial charge on any atom is 0.0277 e. The lowest BCUT2D eigenvalue weighted by atomic mass is 10.00. The van der Waals surface area contributed by atoms with Gasteiger partial charge in [0.05, 0.1) is 0 Å². The lowest BCUT2D eigenvalue weighted by Gasteiger charge is -2.45. The van der Waals surface area contributed by atoms with Crippen LogP contribution in [-0.2, 0) is 0 Å². The van der Waals surface area contributed by atoms with Crippen molar-refractivity contribution in [1.29, 1.82) is 0 Å². The van der Waals surface area contributed by atoms with Crippen LogP contribution in [0.4, 0.5) is 0 Å². The second-order valence-corrected chi connectivity index (χ2v) is 6.15. The molecule has 0 aromatic carbocycles. The molecule has 0 aromatic heterocycles. The minimum absolute atomic E-state index is 0.327. The first-order chi connectivity index (χ1) is 7.95. The molecule has 0 bridgehead atoms. The number of piperazine rings is 1. The molecule has 1 rings (SSSR count). The number of nitrogens with zero attached hydrogens (tertiary/aromatic N) is 2. The van der Waals surface area contributed by atoms with E-state index >= 15 is 0 Å². The average molecular weight is 241 g/mol. The van der Waals surface area contributed by atoms with E-state index in [1.165, 1.54) is 39.0 Å². The summed E-state index contributed by atoms with van der Waals surface area (Å²) in [6, 6.07) is 0.667. The van der Waals surface area contributed by atoms with Gasteiger partial charge in [0.2, 0.25) is 0 Å². The predicted octanol–water partition coefficient (Wildman–Crippen LogP) is 1.79. The second-order valence-electron chi connectivity index (χ2n) is 6.15. The molecule has 3 heteroatoms. The molecule has 0 amide bonds. The molecule has 17 heavy (non-hydrogen) atoms. The van der Waals surface area contributed by atoms with Crippen LogP contribution in [-0.4, -0.2) is 61.2 Å². The molecule has 1 heterocycles. The van der Waals surface area contributed by atoms with Crippen LogP contribution in [0.1, 0.15) is 40.5 Å². The van der Waals surface area contributed by atoms with Crippen LogP contribution in [0.15, 0.2) is 0 Å². The van der Waals surface area contributed by atoms with Gasteiger partial charge in [0.25, 0.3) is 0 Å². The van der Waals surface area contributed by atoms with E-state index in [4.69, 9.17) is 0 Å². The highest BCUT2D eigenvalue weighted by Crippen LogP contribution is 2.18. The van der Waals surface area contributed by atoms with Crippen molar-refractivity contribution in [2.45, 2.75) is 52.1 Å². The van der Waals surface area contributed by atoms with Crippen LogP contribution < -0.4 is 5.32 Å². The van der Waals surface area contributed by atoms with Crippen LogP contribution in [0.3, 0.4) is 0 Å². The molecule has 0 aliphatic carbocycles. The molecular weight excluding hydrogens is 210 g/mol. The highest BCUT2D eigenvalue weighted by atomic mass is 15.3. The van der Waals surface area contributed by atoms with E-state index in [-0.39, 0.29) is 0 Å². The van der Waals surface area contributed by atoms with Crippen molar-refractivity contribution < 1.29 is 0 Å². The van der Waals surface area contributed by atoms with E-state index in [0.29, 0.717) is 11.6 Å². The fourth-order valence-electron chi connectivity index (χ4n) is 2.54. The third kappa shape index (κ3) is 4.94. The topological polar surface area (TPSA) is 18.5 Å². The molecule has 1 aliphatic rings. The van der Waals surface area contributed by atoms with Gasteiger partial charge in [0.15, 0.2) is 0 Å². The zero-order valence-corrected chi connectivity index (χ0v) is 12.4. The van der Waals surface area contributed by atoms with Crippen LogP contribution in [0.5, 0.6) is 0 Å². The molecule has 3 nitrogen and oxygen atoms in total. The van der Waals surface area contributed by atoms with Gasteiger partial charge in [-0.2, -0.15) is 0 Å². The Kier molecular flexibility index (Phi) is 5.90. The summed E-state index contributed by atoms with van der Waals surface area (Å²) in [7, 11) is 2.24. The summed E-state index contributed by atoms with van der Waals surface area (Å²) < 4.78 is 0. The Morgan fingerprint density at radius 1 is 1.29 bits per heavy atom. The number of likely N-dealkylation sites (N-methyl/N-ethyl adjacent to an activating group) is 1. The quantitative estimate of drug-likeness (QED) is 0.765. The largest absolute Gasteiger partial charge is 0.313 e. The molecule has 0 spiro atoms. The van der Waals surface area contributed by atoms with Gasteiger partial charge in [-0.1, -0.05) is 13.3 Å². The van der Waals surface area contributed by atoms with E-state index in [1.807, 2.05) is 0 Å². The van der Waals surface area contributed by atoms with Crippen LogP contribution in [0.2, 0.25) is 0 Å². The summed E-state index contributed by atoms with van der Waals surface area (Å²) in [5, 5.41) is 3.61. The second kappa shape index (κ2) is 6.72. The fraction of sp³-hybridized carbons (Fsp3) is 1.00. The highest BCUT2D eigenvalue weighted by molar-refractivity contribution is 4.88. The molecule has 0 saturated carbocycles. The summed E-state index contributed by atoms with van der Waals surface area (Å²) in [5.41, 5.74) is 0.327. The third-order valence-corrected chi connectivity index (χ3v) is 4.04. The Morgan fingerprint density at radius 2 is 2.00 bits per heavy atom. The Balaban J connectivity index is 2.20. The van der Waals surface area contributed by atoms with Gasteiger partial charge in [-0.25, -0.2) is 0 Å². The minimum atomic E-state index is 0.327. The number of rotatable bonds is 6. The Labute approximate surface area is 108 Å². The smallest absolute Gasteiger partial charge is 0.0277 e. The first-order valence-electron chi connectivity index (χ1n) is 7.12. The van der Waals surface area contributed by atoms with Crippen LogP contribution >= 0.6 is 0 Å². The minimum Gasteiger partial charge on any atom is -0.313 e. The predicted molar refractivity (Wildman–Crippen MR) is 75.5 cm³/mol. The van der Waals surface area contributed by atoms with Gasteiger partial charge in [0, 0.05) is 44.3 Å². The lowest BCUT2D eigenvalue weighted by molar-refractivity contribution is 0.0404. The van der Waals surface area contributed by atoms with Gasteiger partial charge in [-0.15, -0.1) is 0 Å². The number of hydrogen-bond donors (Lipinski definition) is 1. The molecule has 1 unspecified atom stereocenters. The molecular formula is C14H31N3. The summed E-state index contributed by atoms with van der Waals surface area (Å²) >= 11 is 0. The van der Waals surface area contributed by atoms with E-state index in [0.717, 1.165) is 6.54 Å². The van der Waals surface area contributed by atoms with E-state index in [9.17, 15) is 0 Å². The van der Waals surface area contributed by atoms with Gasteiger partial charge in [0.1, 0.15) is 0 Å². The Bertz CT molecular complexity index is 216. The molecule has 1 aliphatic heterocycles. The van der Waals surface area contributed by atoms with Crippen LogP contribution in [0, 0.1) is 0 Å². The van der Waals surface area contributed by atoms with Crippen molar-refractivity contribution in [1.82, 2.24) is 15.1 Å². The average Bonchev–Trinajstić information content (AvgIpc) is 2.23. The summed E-state index contributed by atoms with van der Waals surface area (Å²) in [6.45, 7) is 15.1. The zero-order chi connectivity index (χ0) is 12.9. The Morgan fingerprint density at radius 3 is 2.59 bits per heavy atom. The van der Waals surface area contributed by atoms with Gasteiger partial charge in [-0.3, -0.25) is 9.80 Å². The standard InChI is InChI=1S/C14H31N3/c1-6-7-13(2)15-8-9-17-11-10-16(5)14(3,4)12-17/h13,15H,6-12H2,1-5H3. The molecule has 0 aromatic rings. The maximum absolute atomic E-state index is 3.61. The normalized spacial score (nSPS) is 23.8. The van der Waals surface area contributed by atoms with Crippen molar-refractivity contribution >= 4 is 0 Å². The maximum atomic E-state index is 3.61. The lowest BCUT2D eigenvalue weighted by Crippen LogP contribution is -2.58. The molecule has 0 radical (unpaired) electrons. The molecule has 102 valence electrons. The molecule has 1 atom stereocenters. The zero-order valence-electron chi connectivity index (χ0n) is 12.4. The van der Waals surface area contributed by atoms with Crippen molar-refractivity contribution in [2.75, 3.05) is 39.8 Å². The van der Waals surface area contributed by atoms with Crippen molar-refractivity contribution in [3.63, 3.8) is 0 Å². The molecule has 1 saturated heterocycles. The highest BCUT2D eigenvalue weighted by Gasteiger charge is 2.30.